The number of likely N-dealkylation sites (N-methyl/N-ethyl adjacent to an activating group) is 1. The van der Waals surface area contributed by atoms with E-state index in [4.69, 9.17) is 5.11 Å². The van der Waals surface area contributed by atoms with Gasteiger partial charge in [-0.05, 0) is 13.3 Å². The molecule has 0 aromatic carbocycles. The predicted octanol–water partition coefficient (Wildman–Crippen LogP) is 0.984. The molecule has 0 aliphatic heterocycles. The lowest BCUT2D eigenvalue weighted by Crippen LogP contribution is -2.15. The molecule has 0 heterocycles. The molecule has 0 aromatic heterocycles. The highest BCUT2D eigenvalue weighted by atomic mass is 19.1. The maximum Gasteiger partial charge on any atom is 0.0929 e. The maximum atomic E-state index is 11.6. The van der Waals surface area contributed by atoms with Crippen molar-refractivity contribution in [3.05, 3.63) is 11.8 Å². The third kappa shape index (κ3) is 7.25. The van der Waals surface area contributed by atoms with E-state index in [1.165, 1.54) is 0 Å². The van der Waals surface area contributed by atoms with E-state index >= 15 is 0 Å². The van der Waals surface area contributed by atoms with Crippen LogP contribution >= 0.6 is 0 Å². The molecule has 0 fully saturated rings. The van der Waals surface area contributed by atoms with Gasteiger partial charge in [-0.25, -0.2) is 0 Å². The van der Waals surface area contributed by atoms with Crippen molar-refractivity contribution in [1.29, 1.82) is 0 Å². The van der Waals surface area contributed by atoms with E-state index in [9.17, 15) is 4.39 Å². The second-order valence-electron chi connectivity index (χ2n) is 1.90. The summed E-state index contributed by atoms with van der Waals surface area (Å²) in [4.78, 5) is 0. The first-order valence-electron chi connectivity index (χ1n) is 3.44. The average Bonchev–Trinajstić information content (AvgIpc) is 1.98. The Balaban J connectivity index is 0. The topological polar surface area (TPSA) is 32.3 Å². The van der Waals surface area contributed by atoms with Gasteiger partial charge in [-0.3, -0.25) is 9.09 Å². The number of halogens is 2. The molecular weight excluding hydrogens is 152 g/mol. The van der Waals surface area contributed by atoms with Crippen molar-refractivity contribution in [2.45, 2.75) is 13.3 Å². The zero-order valence-electron chi connectivity index (χ0n) is 6.64. The summed E-state index contributed by atoms with van der Waals surface area (Å²) in [7, 11) is 0. The van der Waals surface area contributed by atoms with E-state index in [0.717, 1.165) is 6.54 Å². The van der Waals surface area contributed by atoms with E-state index in [1.807, 2.05) is 6.92 Å². The Kier molecular flexibility index (Phi) is 11.1. The molecule has 2 nitrogen and oxygen atoms in total. The van der Waals surface area contributed by atoms with Gasteiger partial charge >= 0.3 is 0 Å². The van der Waals surface area contributed by atoms with Crippen LogP contribution in [0.5, 0.6) is 0 Å². The summed E-state index contributed by atoms with van der Waals surface area (Å²) in [6.07, 6.45) is 2.05. The van der Waals surface area contributed by atoms with Crippen molar-refractivity contribution < 1.29 is 14.2 Å². The molecule has 0 aliphatic carbocycles. The highest BCUT2D eigenvalue weighted by molar-refractivity contribution is 4.98. The van der Waals surface area contributed by atoms with Gasteiger partial charge in [-0.15, -0.1) is 0 Å². The highest BCUT2D eigenvalue weighted by Gasteiger charge is 1.89. The van der Waals surface area contributed by atoms with Crippen LogP contribution in [0.3, 0.4) is 0 Å². The molecule has 0 rings (SSSR count). The number of hydrogen-bond donors (Lipinski definition) is 2. The molecule has 0 aromatic rings. The minimum atomic E-state index is -0.366. The molecule has 68 valence electrons. The summed E-state index contributed by atoms with van der Waals surface area (Å²) in [6.45, 7) is 2.29. The summed E-state index contributed by atoms with van der Waals surface area (Å²) in [5.74, 6) is 0. The lowest BCUT2D eigenvalue weighted by Gasteiger charge is -2.03. The van der Waals surface area contributed by atoms with Gasteiger partial charge in [0, 0.05) is 12.2 Å². The lowest BCUT2D eigenvalue weighted by molar-refractivity contribution is 0.321. The second-order valence-corrected chi connectivity index (χ2v) is 1.90. The molecule has 0 spiro atoms. The van der Waals surface area contributed by atoms with Gasteiger partial charge < -0.3 is 10.4 Å². The van der Waals surface area contributed by atoms with E-state index in [1.54, 1.807) is 6.08 Å². The molecule has 0 radical (unpaired) electrons. The van der Waals surface area contributed by atoms with Crippen LogP contribution in [0, 0.1) is 0 Å². The van der Waals surface area contributed by atoms with Crippen molar-refractivity contribution >= 4 is 0 Å². The minimum Gasteiger partial charge on any atom is -0.390 e. The number of rotatable bonds is 5. The van der Waals surface area contributed by atoms with Crippen LogP contribution in [0.15, 0.2) is 11.8 Å². The smallest absolute Gasteiger partial charge is 0.0929 e. The van der Waals surface area contributed by atoms with Gasteiger partial charge in [0.1, 0.15) is 0 Å². The minimum absolute atomic E-state index is 0. The summed E-state index contributed by atoms with van der Waals surface area (Å²) in [5.41, 5.74) is 0.708. The van der Waals surface area contributed by atoms with Crippen molar-refractivity contribution in [2.24, 2.45) is 0 Å². The van der Waals surface area contributed by atoms with Crippen LogP contribution in [0.2, 0.25) is 0 Å². The molecule has 0 saturated carbocycles. The summed E-state index contributed by atoms with van der Waals surface area (Å²) < 4.78 is 11.6. The number of allylic oxidation sites excluding steroid dienone is 1. The molecule has 0 saturated heterocycles. The largest absolute Gasteiger partial charge is 0.390 e. The highest BCUT2D eigenvalue weighted by Crippen LogP contribution is 1.91. The number of nitrogens with one attached hydrogen (secondary N) is 1. The zero-order chi connectivity index (χ0) is 7.82. The molecule has 0 amide bonds. The van der Waals surface area contributed by atoms with Gasteiger partial charge in [-0.1, -0.05) is 6.08 Å². The van der Waals surface area contributed by atoms with Gasteiger partial charge in [-0.2, -0.15) is 0 Å². The van der Waals surface area contributed by atoms with Gasteiger partial charge in [0.05, 0.1) is 13.3 Å². The van der Waals surface area contributed by atoms with Crippen LogP contribution < -0.4 is 5.32 Å². The first-order chi connectivity index (χ1) is 4.85. The fraction of sp³-hybridized carbons (Fsp3) is 0.714. The zero-order valence-corrected chi connectivity index (χ0v) is 6.64. The van der Waals surface area contributed by atoms with Crippen molar-refractivity contribution in [3.63, 3.8) is 0 Å². The molecule has 11 heavy (non-hydrogen) atoms. The predicted molar refractivity (Wildman–Crippen MR) is 41.9 cm³/mol. The third-order valence-corrected chi connectivity index (χ3v) is 1.07. The summed E-state index contributed by atoms with van der Waals surface area (Å²) >= 11 is 0. The normalized spacial score (nSPS) is 10.6. The van der Waals surface area contributed by atoms with E-state index in [2.05, 4.69) is 5.32 Å². The maximum absolute atomic E-state index is 11.6. The van der Waals surface area contributed by atoms with Crippen molar-refractivity contribution in [2.75, 3.05) is 19.8 Å². The Morgan fingerprint density at radius 3 is 2.64 bits per heavy atom. The van der Waals surface area contributed by atoms with Crippen LogP contribution in [0.4, 0.5) is 9.09 Å². The Bertz CT molecular complexity index is 107. The average molecular weight is 167 g/mol. The van der Waals surface area contributed by atoms with Gasteiger partial charge in [0.2, 0.25) is 0 Å². The molecular formula is C7H15F2NO. The Hall–Kier alpha value is -0.640. The Morgan fingerprint density at radius 1 is 1.64 bits per heavy atom. The Morgan fingerprint density at radius 2 is 2.27 bits per heavy atom. The van der Waals surface area contributed by atoms with Crippen molar-refractivity contribution in [3.8, 4) is 0 Å². The molecule has 4 heteroatoms. The second kappa shape index (κ2) is 9.36. The van der Waals surface area contributed by atoms with Gasteiger partial charge in [0.15, 0.2) is 0 Å². The first kappa shape index (κ1) is 13.0. The molecule has 0 atom stereocenters. The summed E-state index contributed by atoms with van der Waals surface area (Å²) in [5, 5.41) is 11.5. The first-order valence-corrected chi connectivity index (χ1v) is 3.44. The van der Waals surface area contributed by atoms with Crippen LogP contribution in [-0.2, 0) is 0 Å². The monoisotopic (exact) mass is 167 g/mol. The summed E-state index contributed by atoms with van der Waals surface area (Å²) in [6, 6.07) is 0. The number of hydrogen-bond acceptors (Lipinski definition) is 2. The molecule has 0 unspecified atom stereocenters. The standard InChI is InChI=1S/C7H14FNO.FH/c1-2-9-7(6-10)4-3-5-8;/h4,9-10H,2-3,5-6H2,1H3;1H/b7-4-;. The SMILES string of the molecule is CCN/C(=C\CCF)CO.F. The molecule has 2 N–H and O–H groups in total. The lowest BCUT2D eigenvalue weighted by atomic mass is 10.3. The van der Waals surface area contributed by atoms with Crippen LogP contribution in [0.1, 0.15) is 13.3 Å². The third-order valence-electron chi connectivity index (χ3n) is 1.07. The fourth-order valence-electron chi connectivity index (χ4n) is 0.648. The van der Waals surface area contributed by atoms with E-state index in [0.29, 0.717) is 12.1 Å². The molecule has 0 aliphatic rings. The quantitative estimate of drug-likeness (QED) is 0.639. The van der Waals surface area contributed by atoms with Crippen molar-refractivity contribution in [1.82, 2.24) is 5.32 Å². The van der Waals surface area contributed by atoms with Gasteiger partial charge in [0.25, 0.3) is 0 Å². The molecule has 0 bridgehead atoms. The van der Waals surface area contributed by atoms with Crippen LogP contribution in [-0.4, -0.2) is 24.9 Å². The number of aliphatic hydroxyl groups is 1. The fourth-order valence-corrected chi connectivity index (χ4v) is 0.648. The van der Waals surface area contributed by atoms with E-state index in [-0.39, 0.29) is 18.0 Å². The van der Waals surface area contributed by atoms with E-state index < -0.39 is 0 Å². The Labute approximate surface area is 65.5 Å². The number of alkyl halides is 1. The van der Waals surface area contributed by atoms with Crippen LogP contribution in [0.25, 0.3) is 0 Å². The number of aliphatic hydroxyl groups excluding tert-OH is 1.